The third kappa shape index (κ3) is 4.86. The summed E-state index contributed by atoms with van der Waals surface area (Å²) < 4.78 is 19.0. The minimum Gasteiger partial charge on any atom is -0.381 e. The molecule has 1 N–H and O–H groups in total. The van der Waals surface area contributed by atoms with Crippen molar-refractivity contribution in [2.45, 2.75) is 32.1 Å². The molecule has 2 aliphatic heterocycles. The van der Waals surface area contributed by atoms with Gasteiger partial charge in [-0.15, -0.1) is 10.2 Å². The highest BCUT2D eigenvalue weighted by atomic mass is 35.5. The van der Waals surface area contributed by atoms with Gasteiger partial charge in [-0.1, -0.05) is 11.6 Å². The summed E-state index contributed by atoms with van der Waals surface area (Å²) in [7, 11) is 0. The number of hydrogen-bond acceptors (Lipinski definition) is 5. The average molecular weight is 445 g/mol. The lowest BCUT2D eigenvalue weighted by atomic mass is 9.89. The number of nitrogens with zero attached hydrogens (tertiary/aromatic N) is 3. The zero-order chi connectivity index (χ0) is 21.3. The number of ether oxygens (including phenoxy) is 1. The zero-order valence-electron chi connectivity index (χ0n) is 17.8. The van der Waals surface area contributed by atoms with E-state index in [4.69, 9.17) is 16.3 Å². The molecule has 1 saturated carbocycles. The highest BCUT2D eigenvalue weighted by molar-refractivity contribution is 6.33. The lowest BCUT2D eigenvalue weighted by Crippen LogP contribution is -2.39. The van der Waals surface area contributed by atoms with Crippen molar-refractivity contribution in [1.82, 2.24) is 15.1 Å². The molecule has 0 bridgehead atoms. The first-order valence-electron chi connectivity index (χ1n) is 11.4. The van der Waals surface area contributed by atoms with Crippen LogP contribution in [0.2, 0.25) is 5.02 Å². The Balaban J connectivity index is 1.09. The van der Waals surface area contributed by atoms with E-state index in [1.54, 1.807) is 6.07 Å². The second-order valence-electron chi connectivity index (χ2n) is 9.43. The van der Waals surface area contributed by atoms with Crippen LogP contribution >= 0.6 is 11.6 Å². The van der Waals surface area contributed by atoms with Gasteiger partial charge < -0.3 is 15.0 Å². The van der Waals surface area contributed by atoms with Crippen molar-refractivity contribution in [1.29, 1.82) is 0 Å². The molecule has 166 valence electrons. The number of halogens is 2. The standard InChI is InChI=1S/C24H30ClFN4O/c25-21-2-1-19(26)13-20(21)22-3-4-23(29-28-22)27-15-18-14-24(18)7-9-30(10-8-24)16-17-5-11-31-12-6-17/h1-4,13,17-18H,5-12,14-16H2,(H,27,29)/t18-/m0/s1. The Labute approximate surface area is 188 Å². The van der Waals surface area contributed by atoms with Crippen LogP contribution in [0.3, 0.4) is 0 Å². The minimum atomic E-state index is -0.332. The lowest BCUT2D eigenvalue weighted by Gasteiger charge is -2.36. The Bertz CT molecular complexity index is 895. The smallest absolute Gasteiger partial charge is 0.148 e. The van der Waals surface area contributed by atoms with Gasteiger partial charge in [0.05, 0.1) is 10.7 Å². The number of rotatable bonds is 6. The summed E-state index contributed by atoms with van der Waals surface area (Å²) in [6.07, 6.45) is 6.38. The van der Waals surface area contributed by atoms with E-state index < -0.39 is 0 Å². The predicted octanol–water partition coefficient (Wildman–Crippen LogP) is 4.88. The molecule has 0 amide bonds. The van der Waals surface area contributed by atoms with Crippen molar-refractivity contribution in [3.05, 3.63) is 41.2 Å². The Hall–Kier alpha value is -1.76. The molecule has 3 heterocycles. The lowest BCUT2D eigenvalue weighted by molar-refractivity contribution is 0.0449. The Morgan fingerprint density at radius 3 is 2.68 bits per heavy atom. The normalized spacial score (nSPS) is 23.7. The van der Waals surface area contributed by atoms with Gasteiger partial charge in [-0.25, -0.2) is 4.39 Å². The van der Waals surface area contributed by atoms with E-state index in [1.165, 1.54) is 63.9 Å². The van der Waals surface area contributed by atoms with Gasteiger partial charge in [0.25, 0.3) is 0 Å². The van der Waals surface area contributed by atoms with E-state index in [0.29, 0.717) is 21.7 Å². The molecular formula is C24H30ClFN4O. The monoisotopic (exact) mass is 444 g/mol. The first-order chi connectivity index (χ1) is 15.1. The molecule has 1 aromatic heterocycles. The summed E-state index contributed by atoms with van der Waals surface area (Å²) in [5.74, 6) is 1.97. The number of piperidine rings is 1. The number of aromatic nitrogens is 2. The van der Waals surface area contributed by atoms with Crippen LogP contribution in [0.4, 0.5) is 10.2 Å². The number of anilines is 1. The van der Waals surface area contributed by atoms with Gasteiger partial charge in [0, 0.05) is 31.9 Å². The van der Waals surface area contributed by atoms with Crippen molar-refractivity contribution in [2.75, 3.05) is 44.7 Å². The fourth-order valence-electron chi connectivity index (χ4n) is 5.30. The first kappa shape index (κ1) is 21.1. The van der Waals surface area contributed by atoms with Crippen LogP contribution in [0.5, 0.6) is 0 Å². The summed E-state index contributed by atoms with van der Waals surface area (Å²) in [5, 5.41) is 12.4. The van der Waals surface area contributed by atoms with E-state index in [1.807, 2.05) is 12.1 Å². The third-order valence-corrected chi connectivity index (χ3v) is 7.80. The molecule has 5 rings (SSSR count). The molecule has 1 aliphatic carbocycles. The van der Waals surface area contributed by atoms with Crippen molar-refractivity contribution >= 4 is 17.4 Å². The quantitative estimate of drug-likeness (QED) is 0.688. The summed E-state index contributed by atoms with van der Waals surface area (Å²) in [4.78, 5) is 2.67. The van der Waals surface area contributed by atoms with Crippen LogP contribution in [0.1, 0.15) is 32.1 Å². The van der Waals surface area contributed by atoms with Crippen LogP contribution in [-0.4, -0.2) is 54.5 Å². The molecule has 5 nitrogen and oxygen atoms in total. The van der Waals surface area contributed by atoms with Crippen molar-refractivity contribution in [2.24, 2.45) is 17.3 Å². The molecular weight excluding hydrogens is 415 g/mol. The van der Waals surface area contributed by atoms with E-state index >= 15 is 0 Å². The van der Waals surface area contributed by atoms with Gasteiger partial charge in [-0.05, 0) is 92.8 Å². The maximum Gasteiger partial charge on any atom is 0.148 e. The summed E-state index contributed by atoms with van der Waals surface area (Å²) in [6.45, 7) is 6.53. The maximum absolute atomic E-state index is 13.5. The molecule has 2 saturated heterocycles. The molecule has 7 heteroatoms. The second kappa shape index (κ2) is 9.00. The molecule has 0 radical (unpaired) electrons. The fraction of sp³-hybridized carbons (Fsp3) is 0.583. The van der Waals surface area contributed by atoms with Gasteiger partial charge in [0.1, 0.15) is 11.6 Å². The molecule has 3 fully saturated rings. The zero-order valence-corrected chi connectivity index (χ0v) is 18.6. The number of benzene rings is 1. The average Bonchev–Trinajstić information content (AvgIpc) is 3.48. The largest absolute Gasteiger partial charge is 0.381 e. The Morgan fingerprint density at radius 2 is 1.94 bits per heavy atom. The summed E-state index contributed by atoms with van der Waals surface area (Å²) in [6, 6.07) is 8.02. The van der Waals surface area contributed by atoms with Gasteiger partial charge in [-0.3, -0.25) is 0 Å². The SMILES string of the molecule is Fc1ccc(Cl)c(-c2ccc(NC[C@@H]3CC34CCN(CC3CCOCC3)CC4)nn2)c1. The van der Waals surface area contributed by atoms with Crippen molar-refractivity contribution in [3.63, 3.8) is 0 Å². The van der Waals surface area contributed by atoms with Gasteiger partial charge >= 0.3 is 0 Å². The van der Waals surface area contributed by atoms with Crippen molar-refractivity contribution < 1.29 is 9.13 Å². The molecule has 0 unspecified atom stereocenters. The Morgan fingerprint density at radius 1 is 1.13 bits per heavy atom. The van der Waals surface area contributed by atoms with Crippen LogP contribution in [-0.2, 0) is 4.74 Å². The van der Waals surface area contributed by atoms with Crippen LogP contribution in [0.15, 0.2) is 30.3 Å². The predicted molar refractivity (Wildman–Crippen MR) is 121 cm³/mol. The van der Waals surface area contributed by atoms with Gasteiger partial charge in [-0.2, -0.15) is 0 Å². The van der Waals surface area contributed by atoms with Gasteiger partial charge in [0.15, 0.2) is 0 Å². The molecule has 1 spiro atoms. The van der Waals surface area contributed by atoms with Crippen molar-refractivity contribution in [3.8, 4) is 11.3 Å². The molecule has 1 aromatic carbocycles. The number of hydrogen-bond donors (Lipinski definition) is 1. The highest BCUT2D eigenvalue weighted by Crippen LogP contribution is 2.59. The highest BCUT2D eigenvalue weighted by Gasteiger charge is 2.54. The maximum atomic E-state index is 13.5. The number of likely N-dealkylation sites (tertiary alicyclic amines) is 1. The Kier molecular flexibility index (Phi) is 6.13. The van der Waals surface area contributed by atoms with Gasteiger partial charge in [0.2, 0.25) is 0 Å². The van der Waals surface area contributed by atoms with E-state index in [-0.39, 0.29) is 5.82 Å². The van der Waals surface area contributed by atoms with Crippen LogP contribution in [0, 0.1) is 23.1 Å². The van der Waals surface area contributed by atoms with E-state index in [0.717, 1.165) is 37.4 Å². The fourth-order valence-corrected chi connectivity index (χ4v) is 5.51. The first-order valence-corrected chi connectivity index (χ1v) is 11.8. The minimum absolute atomic E-state index is 0.332. The topological polar surface area (TPSA) is 50.3 Å². The molecule has 31 heavy (non-hydrogen) atoms. The molecule has 2 aromatic rings. The number of nitrogens with one attached hydrogen (secondary N) is 1. The third-order valence-electron chi connectivity index (χ3n) is 7.47. The second-order valence-corrected chi connectivity index (χ2v) is 9.84. The molecule has 3 aliphatic rings. The van der Waals surface area contributed by atoms with E-state index in [2.05, 4.69) is 20.4 Å². The van der Waals surface area contributed by atoms with Crippen LogP contribution in [0.25, 0.3) is 11.3 Å². The van der Waals surface area contributed by atoms with E-state index in [9.17, 15) is 4.39 Å². The summed E-state index contributed by atoms with van der Waals surface area (Å²) >= 11 is 6.17. The molecule has 1 atom stereocenters. The van der Waals surface area contributed by atoms with Crippen LogP contribution < -0.4 is 5.32 Å². The summed E-state index contributed by atoms with van der Waals surface area (Å²) in [5.41, 5.74) is 1.67.